The zero-order valence-corrected chi connectivity index (χ0v) is 11.5. The summed E-state index contributed by atoms with van der Waals surface area (Å²) < 4.78 is 0. The number of hydrogen-bond acceptors (Lipinski definition) is 2. The molecule has 6 atom stereocenters. The Morgan fingerprint density at radius 1 is 0.765 bits per heavy atom. The minimum absolute atomic E-state index is 0.300. The predicted octanol–water partition coefficient (Wildman–Crippen LogP) is 2.58. The third-order valence-corrected chi connectivity index (χ3v) is 6.40. The molecule has 3 saturated carbocycles. The normalized spacial score (nSPS) is 60.4. The molecule has 3 fully saturated rings. The predicted molar refractivity (Wildman–Crippen MR) is 67.5 cm³/mol. The fourth-order valence-corrected chi connectivity index (χ4v) is 5.25. The van der Waals surface area contributed by atoms with Gasteiger partial charge in [-0.2, -0.15) is 0 Å². The molecule has 0 spiro atoms. The molecule has 0 aliphatic heterocycles. The van der Waals surface area contributed by atoms with Gasteiger partial charge in [-0.3, -0.25) is 0 Å². The third-order valence-electron chi connectivity index (χ3n) is 6.40. The highest BCUT2D eigenvalue weighted by Gasteiger charge is 2.69. The summed E-state index contributed by atoms with van der Waals surface area (Å²) in [4.78, 5) is 0. The largest absolute Gasteiger partial charge is 0.390 e. The fourth-order valence-electron chi connectivity index (χ4n) is 5.25. The van der Waals surface area contributed by atoms with Gasteiger partial charge < -0.3 is 10.2 Å². The molecule has 0 unspecified atom stereocenters. The minimum Gasteiger partial charge on any atom is -0.390 e. The zero-order chi connectivity index (χ0) is 12.6. The second kappa shape index (κ2) is 3.08. The number of hydrogen-bond donors (Lipinski definition) is 2. The van der Waals surface area contributed by atoms with Gasteiger partial charge in [0.15, 0.2) is 0 Å². The summed E-state index contributed by atoms with van der Waals surface area (Å²) in [7, 11) is 0. The second-order valence-corrected chi connectivity index (χ2v) is 7.88. The molecule has 0 aromatic carbocycles. The van der Waals surface area contributed by atoms with Crippen molar-refractivity contribution in [3.05, 3.63) is 0 Å². The smallest absolute Gasteiger partial charge is 0.0654 e. The van der Waals surface area contributed by atoms with E-state index in [0.717, 1.165) is 25.7 Å². The number of rotatable bonds is 0. The lowest BCUT2D eigenvalue weighted by molar-refractivity contribution is -0.0663. The second-order valence-electron chi connectivity index (χ2n) is 7.88. The standard InChI is InChI=1S/C15H26O2/c1-13(2)9-5-7-14(3,16)10-6-8-15(4,17)12(10)11(9)13/h9-12,16-17H,5-8H2,1-4H3/t9-,10-,11-,12+,14-,15-/m1/s1. The SMILES string of the molecule is CC1(C)[C@H]2[C@@H]3[C@@H](CC[C@@]3(C)O)[C@](C)(O)CC[C@H]21. The van der Waals surface area contributed by atoms with Gasteiger partial charge in [0.25, 0.3) is 0 Å². The first kappa shape index (κ1) is 12.0. The highest BCUT2D eigenvalue weighted by molar-refractivity contribution is 5.18. The Bertz CT molecular complexity index is 343. The molecule has 0 aromatic rings. The summed E-state index contributed by atoms with van der Waals surface area (Å²) in [6.45, 7) is 8.66. The van der Waals surface area contributed by atoms with E-state index < -0.39 is 11.2 Å². The van der Waals surface area contributed by atoms with Crippen LogP contribution in [-0.4, -0.2) is 21.4 Å². The van der Waals surface area contributed by atoms with Gasteiger partial charge in [0.1, 0.15) is 0 Å². The summed E-state index contributed by atoms with van der Waals surface area (Å²) in [5.41, 5.74) is -0.738. The van der Waals surface area contributed by atoms with Crippen LogP contribution in [-0.2, 0) is 0 Å². The molecule has 3 aliphatic rings. The van der Waals surface area contributed by atoms with Crippen molar-refractivity contribution in [2.45, 2.75) is 64.6 Å². The van der Waals surface area contributed by atoms with Gasteiger partial charge >= 0.3 is 0 Å². The first-order chi connectivity index (χ1) is 7.68. The molecule has 3 aliphatic carbocycles. The average molecular weight is 238 g/mol. The van der Waals surface area contributed by atoms with Crippen molar-refractivity contribution < 1.29 is 10.2 Å². The molecular formula is C15H26O2. The van der Waals surface area contributed by atoms with E-state index in [-0.39, 0.29) is 0 Å². The van der Waals surface area contributed by atoms with E-state index >= 15 is 0 Å². The Morgan fingerprint density at radius 2 is 1.29 bits per heavy atom. The molecule has 0 radical (unpaired) electrons. The van der Waals surface area contributed by atoms with Crippen LogP contribution >= 0.6 is 0 Å². The van der Waals surface area contributed by atoms with E-state index in [9.17, 15) is 10.2 Å². The van der Waals surface area contributed by atoms with Crippen LogP contribution in [0.25, 0.3) is 0 Å². The van der Waals surface area contributed by atoms with Gasteiger partial charge in [-0.1, -0.05) is 13.8 Å². The van der Waals surface area contributed by atoms with E-state index in [1.807, 2.05) is 13.8 Å². The zero-order valence-electron chi connectivity index (χ0n) is 11.5. The van der Waals surface area contributed by atoms with Gasteiger partial charge in [-0.25, -0.2) is 0 Å². The summed E-state index contributed by atoms with van der Waals surface area (Å²) in [6.07, 6.45) is 3.89. The molecule has 0 aromatic heterocycles. The maximum absolute atomic E-state index is 10.7. The molecule has 3 rings (SSSR count). The molecule has 98 valence electrons. The van der Waals surface area contributed by atoms with E-state index in [4.69, 9.17) is 0 Å². The summed E-state index contributed by atoms with van der Waals surface area (Å²) in [5, 5.41) is 21.3. The number of fused-ring (bicyclic) bond motifs is 3. The van der Waals surface area contributed by atoms with Crippen LogP contribution in [0.4, 0.5) is 0 Å². The Kier molecular flexibility index (Phi) is 2.17. The first-order valence-electron chi connectivity index (χ1n) is 7.13. The summed E-state index contributed by atoms with van der Waals surface area (Å²) in [5.74, 6) is 1.95. The van der Waals surface area contributed by atoms with Gasteiger partial charge in [0.2, 0.25) is 0 Å². The molecule has 0 saturated heterocycles. The van der Waals surface area contributed by atoms with Crippen molar-refractivity contribution in [1.82, 2.24) is 0 Å². The average Bonchev–Trinajstić information content (AvgIpc) is 2.59. The Morgan fingerprint density at radius 3 is 1.94 bits per heavy atom. The molecular weight excluding hydrogens is 212 g/mol. The van der Waals surface area contributed by atoms with Crippen molar-refractivity contribution in [3.8, 4) is 0 Å². The van der Waals surface area contributed by atoms with Gasteiger partial charge in [0.05, 0.1) is 11.2 Å². The van der Waals surface area contributed by atoms with Crippen molar-refractivity contribution in [1.29, 1.82) is 0 Å². The van der Waals surface area contributed by atoms with Crippen LogP contribution in [0.3, 0.4) is 0 Å². The van der Waals surface area contributed by atoms with Gasteiger partial charge in [0, 0.05) is 0 Å². The van der Waals surface area contributed by atoms with Crippen LogP contribution in [0.2, 0.25) is 0 Å². The maximum atomic E-state index is 10.7. The van der Waals surface area contributed by atoms with Crippen LogP contribution in [0.1, 0.15) is 53.4 Å². The van der Waals surface area contributed by atoms with Crippen molar-refractivity contribution in [2.24, 2.45) is 29.1 Å². The van der Waals surface area contributed by atoms with Crippen LogP contribution < -0.4 is 0 Å². The van der Waals surface area contributed by atoms with E-state index in [2.05, 4.69) is 13.8 Å². The van der Waals surface area contributed by atoms with Gasteiger partial charge in [-0.05, 0) is 68.6 Å². The molecule has 0 amide bonds. The Hall–Kier alpha value is -0.0800. The highest BCUT2D eigenvalue weighted by atomic mass is 16.3. The third kappa shape index (κ3) is 1.46. The van der Waals surface area contributed by atoms with E-state index in [0.29, 0.717) is 29.1 Å². The minimum atomic E-state index is -0.561. The van der Waals surface area contributed by atoms with Crippen molar-refractivity contribution in [3.63, 3.8) is 0 Å². The lowest BCUT2D eigenvalue weighted by Crippen LogP contribution is -2.43. The lowest BCUT2D eigenvalue weighted by atomic mass is 9.73. The number of aliphatic hydroxyl groups is 2. The Balaban J connectivity index is 1.99. The molecule has 17 heavy (non-hydrogen) atoms. The van der Waals surface area contributed by atoms with Crippen LogP contribution in [0, 0.1) is 29.1 Å². The Labute approximate surface area is 104 Å². The molecule has 2 nitrogen and oxygen atoms in total. The fraction of sp³-hybridized carbons (Fsp3) is 1.00. The summed E-state index contributed by atoms with van der Waals surface area (Å²) in [6, 6.07) is 0. The van der Waals surface area contributed by atoms with Crippen molar-refractivity contribution in [2.75, 3.05) is 0 Å². The lowest BCUT2D eigenvalue weighted by Gasteiger charge is -2.37. The monoisotopic (exact) mass is 238 g/mol. The topological polar surface area (TPSA) is 40.5 Å². The molecule has 0 heterocycles. The van der Waals surface area contributed by atoms with Crippen LogP contribution in [0.15, 0.2) is 0 Å². The molecule has 0 bridgehead atoms. The van der Waals surface area contributed by atoms with E-state index in [1.54, 1.807) is 0 Å². The highest BCUT2D eigenvalue weighted by Crippen LogP contribution is 2.71. The van der Waals surface area contributed by atoms with Gasteiger partial charge in [-0.15, -0.1) is 0 Å². The van der Waals surface area contributed by atoms with E-state index in [1.165, 1.54) is 0 Å². The summed E-state index contributed by atoms with van der Waals surface area (Å²) >= 11 is 0. The first-order valence-corrected chi connectivity index (χ1v) is 7.13. The van der Waals surface area contributed by atoms with Crippen LogP contribution in [0.5, 0.6) is 0 Å². The van der Waals surface area contributed by atoms with Crippen molar-refractivity contribution >= 4 is 0 Å². The molecule has 2 heteroatoms. The maximum Gasteiger partial charge on any atom is 0.0654 e. The molecule has 2 N–H and O–H groups in total. The quantitative estimate of drug-likeness (QED) is 0.681.